The van der Waals surface area contributed by atoms with E-state index in [-0.39, 0.29) is 26.3 Å². The van der Waals surface area contributed by atoms with E-state index in [9.17, 15) is 27.7 Å². The van der Waals surface area contributed by atoms with Crippen LogP contribution < -0.4 is 9.62 Å². The number of para-hydroxylation sites is 1. The molecule has 156 valence electrons. The van der Waals surface area contributed by atoms with Crippen LogP contribution in [-0.4, -0.2) is 25.8 Å². The maximum absolute atomic E-state index is 14.4. The number of nitro benzene ring substituents is 1. The Morgan fingerprint density at radius 2 is 1.93 bits per heavy atom. The molecule has 0 aliphatic carbocycles. The zero-order valence-electron chi connectivity index (χ0n) is 15.0. The van der Waals surface area contributed by atoms with E-state index in [0.29, 0.717) is 4.31 Å². The zero-order valence-corrected chi connectivity index (χ0v) is 17.4. The molecular formula is C18H13ClFN3O5S2. The highest BCUT2D eigenvalue weighted by Gasteiger charge is 2.30. The first-order valence-corrected chi connectivity index (χ1v) is 10.9. The van der Waals surface area contributed by atoms with Crippen LogP contribution in [0.5, 0.6) is 0 Å². The van der Waals surface area contributed by atoms with Gasteiger partial charge < -0.3 is 5.32 Å². The van der Waals surface area contributed by atoms with E-state index in [2.05, 4.69) is 5.32 Å². The van der Waals surface area contributed by atoms with E-state index in [4.69, 9.17) is 11.6 Å². The summed E-state index contributed by atoms with van der Waals surface area (Å²) in [7, 11) is -4.24. The molecule has 0 saturated heterocycles. The Bertz CT molecular complexity index is 1200. The van der Waals surface area contributed by atoms with Crippen molar-refractivity contribution < 1.29 is 22.5 Å². The van der Waals surface area contributed by atoms with Gasteiger partial charge in [-0.1, -0.05) is 29.8 Å². The van der Waals surface area contributed by atoms with Crippen molar-refractivity contribution in [2.45, 2.75) is 4.21 Å². The highest BCUT2D eigenvalue weighted by molar-refractivity contribution is 7.94. The van der Waals surface area contributed by atoms with E-state index in [1.54, 1.807) is 0 Å². The number of nitro groups is 1. The van der Waals surface area contributed by atoms with Crippen molar-refractivity contribution in [3.8, 4) is 0 Å². The number of sulfonamides is 1. The number of benzene rings is 2. The second-order valence-electron chi connectivity index (χ2n) is 5.86. The molecule has 2 aromatic carbocycles. The number of non-ortho nitro benzene ring substituents is 1. The minimum Gasteiger partial charge on any atom is -0.323 e. The minimum atomic E-state index is -4.24. The summed E-state index contributed by atoms with van der Waals surface area (Å²) >= 11 is 6.88. The van der Waals surface area contributed by atoms with Gasteiger partial charge in [-0.05, 0) is 29.6 Å². The Morgan fingerprint density at radius 3 is 2.57 bits per heavy atom. The lowest BCUT2D eigenvalue weighted by Gasteiger charge is -2.23. The molecule has 1 aromatic heterocycles. The monoisotopic (exact) mass is 469 g/mol. The van der Waals surface area contributed by atoms with E-state index in [1.165, 1.54) is 41.8 Å². The molecule has 1 amide bonds. The first kappa shape index (κ1) is 21.7. The molecule has 12 heteroatoms. The van der Waals surface area contributed by atoms with Crippen LogP contribution in [0.25, 0.3) is 0 Å². The Hall–Kier alpha value is -3.02. The van der Waals surface area contributed by atoms with Gasteiger partial charge in [0.25, 0.3) is 15.7 Å². The lowest BCUT2D eigenvalue weighted by Crippen LogP contribution is -2.38. The lowest BCUT2D eigenvalue weighted by atomic mass is 10.2. The van der Waals surface area contributed by atoms with Crippen molar-refractivity contribution in [2.75, 3.05) is 16.2 Å². The zero-order chi connectivity index (χ0) is 21.9. The molecule has 3 rings (SSSR count). The summed E-state index contributed by atoms with van der Waals surface area (Å²) in [6.07, 6.45) is 0. The van der Waals surface area contributed by atoms with Gasteiger partial charge in [0.15, 0.2) is 0 Å². The van der Waals surface area contributed by atoms with E-state index < -0.39 is 33.2 Å². The van der Waals surface area contributed by atoms with Crippen LogP contribution in [0.4, 0.5) is 21.5 Å². The van der Waals surface area contributed by atoms with Crippen LogP contribution in [0.1, 0.15) is 0 Å². The second kappa shape index (κ2) is 8.78. The van der Waals surface area contributed by atoms with Crippen LogP contribution in [0, 0.1) is 15.9 Å². The van der Waals surface area contributed by atoms with Crippen molar-refractivity contribution in [1.29, 1.82) is 0 Å². The van der Waals surface area contributed by atoms with Gasteiger partial charge in [0.1, 0.15) is 16.6 Å². The predicted octanol–water partition coefficient (Wildman–Crippen LogP) is 4.28. The molecule has 3 aromatic rings. The molecule has 0 aliphatic heterocycles. The summed E-state index contributed by atoms with van der Waals surface area (Å²) in [6.45, 7) is -0.778. The number of carbonyl (C=O) groups is 1. The molecule has 0 unspecified atom stereocenters. The summed E-state index contributed by atoms with van der Waals surface area (Å²) in [5.74, 6) is -1.69. The standard InChI is InChI=1S/C18H13ClFN3O5S2/c19-13-8-7-12(23(25)26)10-15(13)21-17(24)11-22(16-5-2-1-4-14(16)20)30(27,28)18-6-3-9-29-18/h1-10H,11H2,(H,21,24). The number of amides is 1. The number of halogens is 2. The number of nitrogens with one attached hydrogen (secondary N) is 1. The smallest absolute Gasteiger partial charge is 0.274 e. The van der Waals surface area contributed by atoms with Crippen LogP contribution in [0.3, 0.4) is 0 Å². The lowest BCUT2D eigenvalue weighted by molar-refractivity contribution is -0.384. The molecule has 0 radical (unpaired) electrons. The summed E-state index contributed by atoms with van der Waals surface area (Å²) in [5, 5.41) is 14.8. The fourth-order valence-corrected chi connectivity index (χ4v) is 5.21. The molecular weight excluding hydrogens is 457 g/mol. The number of nitrogens with zero attached hydrogens (tertiary/aromatic N) is 2. The molecule has 0 bridgehead atoms. The van der Waals surface area contributed by atoms with Gasteiger partial charge in [-0.3, -0.25) is 19.2 Å². The molecule has 0 saturated carbocycles. The third-order valence-corrected chi connectivity index (χ3v) is 7.35. The average molecular weight is 470 g/mol. The summed E-state index contributed by atoms with van der Waals surface area (Å²) < 4.78 is 41.0. The number of anilines is 2. The Kier molecular flexibility index (Phi) is 6.34. The van der Waals surface area contributed by atoms with Crippen molar-refractivity contribution in [2.24, 2.45) is 0 Å². The minimum absolute atomic E-state index is 0.0208. The number of hydrogen-bond donors (Lipinski definition) is 1. The number of hydrogen-bond acceptors (Lipinski definition) is 6. The average Bonchev–Trinajstić information content (AvgIpc) is 3.24. The second-order valence-corrected chi connectivity index (χ2v) is 9.31. The number of rotatable bonds is 7. The van der Waals surface area contributed by atoms with Gasteiger partial charge in [0, 0.05) is 12.1 Å². The summed E-state index contributed by atoms with van der Waals surface area (Å²) in [5.41, 5.74) is -0.698. The van der Waals surface area contributed by atoms with Gasteiger partial charge in [-0.15, -0.1) is 11.3 Å². The molecule has 0 atom stereocenters. The summed E-state index contributed by atoms with van der Waals surface area (Å²) in [4.78, 5) is 22.9. The SMILES string of the molecule is O=C(CN(c1ccccc1F)S(=O)(=O)c1cccs1)Nc1cc([N+](=O)[O-])ccc1Cl. The highest BCUT2D eigenvalue weighted by Crippen LogP contribution is 2.30. The first-order valence-electron chi connectivity index (χ1n) is 8.24. The van der Waals surface area contributed by atoms with Crippen LogP contribution in [0.2, 0.25) is 5.02 Å². The third-order valence-electron chi connectivity index (χ3n) is 3.88. The number of carbonyl (C=O) groups excluding carboxylic acids is 1. The van der Waals surface area contributed by atoms with Gasteiger partial charge in [0.2, 0.25) is 5.91 Å². The van der Waals surface area contributed by atoms with Crippen LogP contribution in [-0.2, 0) is 14.8 Å². The Morgan fingerprint density at radius 1 is 1.20 bits per heavy atom. The Balaban J connectivity index is 1.95. The molecule has 1 N–H and O–H groups in total. The fourth-order valence-electron chi connectivity index (χ4n) is 2.52. The van der Waals surface area contributed by atoms with E-state index in [1.807, 2.05) is 0 Å². The fraction of sp³-hybridized carbons (Fsp3) is 0.0556. The molecule has 1 heterocycles. The maximum Gasteiger partial charge on any atom is 0.274 e. The Labute approximate surface area is 179 Å². The molecule has 0 spiro atoms. The molecule has 8 nitrogen and oxygen atoms in total. The van der Waals surface area contributed by atoms with E-state index >= 15 is 0 Å². The van der Waals surface area contributed by atoms with Crippen molar-refractivity contribution in [3.63, 3.8) is 0 Å². The van der Waals surface area contributed by atoms with Crippen LogP contribution >= 0.6 is 22.9 Å². The predicted molar refractivity (Wildman–Crippen MR) is 112 cm³/mol. The summed E-state index contributed by atoms with van der Waals surface area (Å²) in [6, 6.07) is 11.4. The first-order chi connectivity index (χ1) is 14.2. The topological polar surface area (TPSA) is 110 Å². The van der Waals surface area contributed by atoms with Gasteiger partial charge in [-0.2, -0.15) is 0 Å². The molecule has 30 heavy (non-hydrogen) atoms. The maximum atomic E-state index is 14.4. The number of thiophene rings is 1. The van der Waals surface area contributed by atoms with Crippen molar-refractivity contribution in [3.05, 3.63) is 80.9 Å². The van der Waals surface area contributed by atoms with Gasteiger partial charge in [-0.25, -0.2) is 12.8 Å². The molecule has 0 aliphatic rings. The van der Waals surface area contributed by atoms with Gasteiger partial charge in [0.05, 0.1) is 21.3 Å². The van der Waals surface area contributed by atoms with Crippen LogP contribution in [0.15, 0.2) is 64.2 Å². The van der Waals surface area contributed by atoms with Crippen molar-refractivity contribution in [1.82, 2.24) is 0 Å². The van der Waals surface area contributed by atoms with Gasteiger partial charge >= 0.3 is 0 Å². The highest BCUT2D eigenvalue weighted by atomic mass is 35.5. The van der Waals surface area contributed by atoms with E-state index in [0.717, 1.165) is 29.5 Å². The van der Waals surface area contributed by atoms with Crippen molar-refractivity contribution >= 4 is 55.9 Å². The third kappa shape index (κ3) is 4.58. The normalized spacial score (nSPS) is 11.1. The largest absolute Gasteiger partial charge is 0.323 e. The quantitative estimate of drug-likeness (QED) is 0.410. The molecule has 0 fully saturated rings.